The third-order valence-corrected chi connectivity index (χ3v) is 0.366. The monoisotopic (exact) mass is 268 g/mol. The molecule has 0 heterocycles. The predicted molar refractivity (Wildman–Crippen MR) is 43.2 cm³/mol. The Morgan fingerprint density at radius 1 is 0.722 bits per heavy atom. The molecule has 0 aliphatic rings. The fraction of sp³-hybridized carbons (Fsp3) is 0. The Morgan fingerprint density at radius 2 is 0.778 bits per heavy atom. The Bertz CT molecular complexity index is 217. The molecule has 0 amide bonds. The van der Waals surface area contributed by atoms with Gasteiger partial charge in [-0.3, -0.25) is 4.70 Å². The zero-order chi connectivity index (χ0) is 13.9. The molecule has 0 saturated carbocycles. The average Bonchev–Trinajstić information content (AvgIpc) is 2.03. The summed E-state index contributed by atoms with van der Waals surface area (Å²) < 4.78 is 0. The number of carboxylic acid groups (broad SMARTS) is 4. The first-order chi connectivity index (χ1) is 7.02. The van der Waals surface area contributed by atoms with E-state index in [4.69, 9.17) is 54.7 Å². The zero-order valence-corrected chi connectivity index (χ0v) is 8.71. The maximum atomic E-state index is 9.10. The molecule has 0 unspecified atom stereocenters. The van der Waals surface area contributed by atoms with Gasteiger partial charge < -0.3 is 35.5 Å². The van der Waals surface area contributed by atoms with E-state index in [9.17, 15) is 0 Å². The standard InChI is InChI=1S/2C2H2O4.BH2O3.FH.Li/c2*3-1(4)2(5)6;2-1(3)4;;/h2*(H,3,4)(H,5,6);2-3H;1H;/q;;-1;;+1. The number of aliphatic carboxylic acids is 4. The second kappa shape index (κ2) is 17.7. The molecule has 0 aliphatic carbocycles. The fourth-order valence-electron chi connectivity index (χ4n) is 0. The summed E-state index contributed by atoms with van der Waals surface area (Å²) in [5, 5.41) is 52.3. The van der Waals surface area contributed by atoms with E-state index < -0.39 is 31.2 Å². The van der Waals surface area contributed by atoms with Gasteiger partial charge in [-0.2, -0.15) is 0 Å². The number of halogens is 1. The first-order valence-corrected chi connectivity index (χ1v) is 2.96. The van der Waals surface area contributed by atoms with Crippen molar-refractivity contribution in [2.75, 3.05) is 0 Å². The SMILES string of the molecule is F.O=C(O)C(=O)O.O=C(O)C(=O)O.[Li+].[O-]B(O)O. The normalized spacial score (nSPS) is 6.39. The molecule has 18 heavy (non-hydrogen) atoms. The van der Waals surface area contributed by atoms with Gasteiger partial charge in [0.15, 0.2) is 0 Å². The number of rotatable bonds is 0. The fourth-order valence-corrected chi connectivity index (χ4v) is 0. The van der Waals surface area contributed by atoms with E-state index in [1.807, 2.05) is 0 Å². The minimum absolute atomic E-state index is 0. The maximum Gasteiger partial charge on any atom is 1.00 e. The summed E-state index contributed by atoms with van der Waals surface area (Å²) in [6.45, 7) is 0. The molecule has 0 aromatic heterocycles. The zero-order valence-electron chi connectivity index (χ0n) is 8.71. The molecule has 0 fully saturated rings. The number of carboxylic acids is 4. The largest absolute Gasteiger partial charge is 1.00 e. The van der Waals surface area contributed by atoms with Crippen molar-refractivity contribution in [1.82, 2.24) is 0 Å². The van der Waals surface area contributed by atoms with Crippen LogP contribution in [0.2, 0.25) is 0 Å². The van der Waals surface area contributed by atoms with Crippen LogP contribution in [-0.4, -0.2) is 61.7 Å². The third-order valence-electron chi connectivity index (χ3n) is 0.366. The summed E-state index contributed by atoms with van der Waals surface area (Å²) in [5.74, 6) is -7.30. The van der Waals surface area contributed by atoms with Crippen molar-refractivity contribution in [2.45, 2.75) is 0 Å². The van der Waals surface area contributed by atoms with E-state index >= 15 is 0 Å². The summed E-state index contributed by atoms with van der Waals surface area (Å²) in [6, 6.07) is 0. The van der Waals surface area contributed by atoms with Crippen LogP contribution in [0.25, 0.3) is 0 Å². The first-order valence-electron chi connectivity index (χ1n) is 2.96. The second-order valence-electron chi connectivity index (χ2n) is 1.55. The Hall–Kier alpha value is -1.65. The van der Waals surface area contributed by atoms with Crippen molar-refractivity contribution in [2.24, 2.45) is 0 Å². The third kappa shape index (κ3) is 63.4. The van der Waals surface area contributed by atoms with Crippen LogP contribution >= 0.6 is 0 Å². The topological polar surface area (TPSA) is 213 Å². The van der Waals surface area contributed by atoms with Crippen molar-refractivity contribution in [3.63, 3.8) is 0 Å². The van der Waals surface area contributed by atoms with E-state index in [1.165, 1.54) is 0 Å². The van der Waals surface area contributed by atoms with Crippen molar-refractivity contribution >= 4 is 31.2 Å². The van der Waals surface area contributed by atoms with Crippen LogP contribution < -0.4 is 23.9 Å². The molecule has 0 saturated heterocycles. The van der Waals surface area contributed by atoms with Gasteiger partial charge in [0.25, 0.3) is 0 Å². The van der Waals surface area contributed by atoms with Crippen LogP contribution in [0.4, 0.5) is 4.70 Å². The molecule has 0 atom stereocenters. The van der Waals surface area contributed by atoms with Gasteiger partial charge in [0, 0.05) is 0 Å². The average molecular weight is 268 g/mol. The van der Waals surface area contributed by atoms with Crippen LogP contribution in [0.15, 0.2) is 0 Å². The molecule has 0 aromatic rings. The molecule has 0 radical (unpaired) electrons. The van der Waals surface area contributed by atoms with Gasteiger partial charge in [-0.25, -0.2) is 19.2 Å². The van der Waals surface area contributed by atoms with Crippen molar-refractivity contribution in [1.29, 1.82) is 0 Å². The van der Waals surface area contributed by atoms with E-state index in [0.717, 1.165) is 0 Å². The Labute approximate surface area is 110 Å². The summed E-state index contributed by atoms with van der Waals surface area (Å²) >= 11 is 0. The number of carbonyl (C=O) groups is 4. The van der Waals surface area contributed by atoms with Crippen LogP contribution in [0.1, 0.15) is 0 Å². The number of hydrogen-bond acceptors (Lipinski definition) is 7. The molecule has 11 nitrogen and oxygen atoms in total. The molecule has 6 N–H and O–H groups in total. The van der Waals surface area contributed by atoms with Crippen LogP contribution in [0, 0.1) is 0 Å². The minimum atomic E-state index is -2.42. The summed E-state index contributed by atoms with van der Waals surface area (Å²) in [6.07, 6.45) is 0. The minimum Gasteiger partial charge on any atom is -0.832 e. The van der Waals surface area contributed by atoms with Crippen molar-refractivity contribution in [3.8, 4) is 0 Å². The van der Waals surface area contributed by atoms with Gasteiger partial charge in [0.2, 0.25) is 0 Å². The molecular formula is C4H7BFLiO11. The van der Waals surface area contributed by atoms with Gasteiger partial charge in [-0.1, -0.05) is 0 Å². The quantitative estimate of drug-likeness (QED) is 0.179. The summed E-state index contributed by atoms with van der Waals surface area (Å²) in [5.41, 5.74) is 0. The molecule has 100 valence electrons. The summed E-state index contributed by atoms with van der Waals surface area (Å²) in [7, 11) is -2.42. The molecule has 0 aromatic carbocycles. The van der Waals surface area contributed by atoms with E-state index in [1.54, 1.807) is 0 Å². The van der Waals surface area contributed by atoms with Gasteiger partial charge in [-0.15, -0.1) is 0 Å². The predicted octanol–water partition coefficient (Wildman–Crippen LogP) is -7.22. The van der Waals surface area contributed by atoms with Crippen LogP contribution in [-0.2, 0) is 19.2 Å². The van der Waals surface area contributed by atoms with Gasteiger partial charge in [0.05, 0.1) is 0 Å². The molecular weight excluding hydrogens is 261 g/mol. The van der Waals surface area contributed by atoms with Gasteiger partial charge in [0.1, 0.15) is 0 Å². The maximum absolute atomic E-state index is 9.10. The molecule has 14 heteroatoms. The molecule has 0 bridgehead atoms. The number of hydrogen-bond donors (Lipinski definition) is 6. The Balaban J connectivity index is -0.0000000454. The smallest absolute Gasteiger partial charge is 0.832 e. The van der Waals surface area contributed by atoms with Gasteiger partial charge in [-0.05, 0) is 0 Å². The first kappa shape index (κ1) is 29.9. The van der Waals surface area contributed by atoms with Crippen LogP contribution in [0.5, 0.6) is 0 Å². The Kier molecular flexibility index (Phi) is 29.5. The van der Waals surface area contributed by atoms with E-state index in [0.29, 0.717) is 0 Å². The molecule has 0 aliphatic heterocycles. The van der Waals surface area contributed by atoms with E-state index in [2.05, 4.69) is 0 Å². The Morgan fingerprint density at radius 3 is 0.778 bits per heavy atom. The van der Waals surface area contributed by atoms with Gasteiger partial charge >= 0.3 is 50.1 Å². The summed E-state index contributed by atoms with van der Waals surface area (Å²) in [4.78, 5) is 36.4. The second-order valence-corrected chi connectivity index (χ2v) is 1.55. The molecule has 0 rings (SSSR count). The van der Waals surface area contributed by atoms with Crippen molar-refractivity contribution in [3.05, 3.63) is 0 Å². The van der Waals surface area contributed by atoms with Crippen molar-refractivity contribution < 1.29 is 78.2 Å². The van der Waals surface area contributed by atoms with Crippen LogP contribution in [0.3, 0.4) is 0 Å². The molecule has 0 spiro atoms. The van der Waals surface area contributed by atoms with E-state index in [-0.39, 0.29) is 23.6 Å².